The Bertz CT molecular complexity index is 474. The molecular formula is C12H13Cl2NO5. The minimum absolute atomic E-state index is 0.135. The summed E-state index contributed by atoms with van der Waals surface area (Å²) in [6.07, 6.45) is 0. The predicted octanol–water partition coefficient (Wildman–Crippen LogP) is 1.59. The van der Waals surface area contributed by atoms with E-state index in [1.807, 2.05) is 0 Å². The summed E-state index contributed by atoms with van der Waals surface area (Å²) in [5.41, 5.74) is 0. The molecule has 0 aliphatic carbocycles. The van der Waals surface area contributed by atoms with Crippen LogP contribution < -0.4 is 10.1 Å². The Morgan fingerprint density at radius 2 is 1.90 bits per heavy atom. The maximum Gasteiger partial charge on any atom is 0.328 e. The van der Waals surface area contributed by atoms with Crippen LogP contribution in [-0.4, -0.2) is 43.3 Å². The molecule has 0 spiro atoms. The molecule has 110 valence electrons. The number of hydrogen-bond acceptors (Lipinski definition) is 4. The number of hydrogen-bond donors (Lipinski definition) is 2. The lowest BCUT2D eigenvalue weighted by Gasteiger charge is -2.14. The Morgan fingerprint density at radius 1 is 1.30 bits per heavy atom. The molecule has 1 unspecified atom stereocenters. The number of halogens is 2. The minimum Gasteiger partial charge on any atom is -0.484 e. The van der Waals surface area contributed by atoms with Gasteiger partial charge in [0.05, 0.1) is 6.61 Å². The molecule has 0 heterocycles. The summed E-state index contributed by atoms with van der Waals surface area (Å²) in [5, 5.41) is 11.8. The third kappa shape index (κ3) is 5.64. The summed E-state index contributed by atoms with van der Waals surface area (Å²) in [6.45, 7) is -0.492. The van der Waals surface area contributed by atoms with Crippen LogP contribution in [0.3, 0.4) is 0 Å². The van der Waals surface area contributed by atoms with E-state index in [9.17, 15) is 9.59 Å². The molecule has 0 saturated heterocycles. The molecule has 1 aromatic carbocycles. The van der Waals surface area contributed by atoms with Gasteiger partial charge in [-0.05, 0) is 18.2 Å². The third-order valence-electron chi connectivity index (χ3n) is 2.17. The van der Waals surface area contributed by atoms with Gasteiger partial charge in [0.2, 0.25) is 0 Å². The van der Waals surface area contributed by atoms with Crippen LogP contribution in [0, 0.1) is 0 Å². The van der Waals surface area contributed by atoms with Crippen molar-refractivity contribution >= 4 is 35.1 Å². The topological polar surface area (TPSA) is 84.9 Å². The first-order chi connectivity index (χ1) is 9.42. The smallest absolute Gasteiger partial charge is 0.328 e. The number of methoxy groups -OCH3 is 1. The second kappa shape index (κ2) is 7.94. The van der Waals surface area contributed by atoms with Gasteiger partial charge in [0.1, 0.15) is 5.75 Å². The molecule has 1 amide bonds. The van der Waals surface area contributed by atoms with Crippen molar-refractivity contribution in [1.82, 2.24) is 5.32 Å². The van der Waals surface area contributed by atoms with E-state index in [1.54, 1.807) is 0 Å². The third-order valence-corrected chi connectivity index (χ3v) is 2.61. The fraction of sp³-hybridized carbons (Fsp3) is 0.333. The molecule has 1 rings (SSSR count). The van der Waals surface area contributed by atoms with E-state index >= 15 is 0 Å². The molecule has 0 bridgehead atoms. The van der Waals surface area contributed by atoms with Crippen molar-refractivity contribution < 1.29 is 24.2 Å². The molecule has 0 aliphatic rings. The average molecular weight is 322 g/mol. The zero-order valence-corrected chi connectivity index (χ0v) is 12.1. The zero-order chi connectivity index (χ0) is 15.1. The van der Waals surface area contributed by atoms with E-state index < -0.39 is 17.9 Å². The lowest BCUT2D eigenvalue weighted by Crippen LogP contribution is -2.45. The lowest BCUT2D eigenvalue weighted by atomic mass is 10.3. The Kier molecular flexibility index (Phi) is 6.57. The monoisotopic (exact) mass is 321 g/mol. The van der Waals surface area contributed by atoms with Gasteiger partial charge in [-0.2, -0.15) is 0 Å². The zero-order valence-electron chi connectivity index (χ0n) is 10.6. The van der Waals surface area contributed by atoms with Gasteiger partial charge in [0.15, 0.2) is 12.6 Å². The molecule has 0 fully saturated rings. The standard InChI is InChI=1S/C12H13Cl2NO5/c1-19-5-10(12(17)18)15-11(16)6-20-9-3-7(13)2-8(14)4-9/h2-4,10H,5-6H2,1H3,(H,15,16)(H,17,18). The number of carboxylic acids is 1. The highest BCUT2D eigenvalue weighted by Crippen LogP contribution is 2.23. The van der Waals surface area contributed by atoms with Crippen LogP contribution in [0.15, 0.2) is 18.2 Å². The highest BCUT2D eigenvalue weighted by Gasteiger charge is 2.19. The summed E-state index contributed by atoms with van der Waals surface area (Å²) in [5.74, 6) is -1.46. The molecule has 0 aliphatic heterocycles. The molecule has 0 radical (unpaired) electrons. The molecule has 2 N–H and O–H groups in total. The molecule has 6 nitrogen and oxygen atoms in total. The van der Waals surface area contributed by atoms with E-state index in [-0.39, 0.29) is 13.2 Å². The number of carboxylic acid groups (broad SMARTS) is 1. The van der Waals surface area contributed by atoms with Crippen molar-refractivity contribution in [3.63, 3.8) is 0 Å². The van der Waals surface area contributed by atoms with Gasteiger partial charge < -0.3 is 19.9 Å². The molecule has 1 aromatic rings. The molecule has 0 saturated carbocycles. The SMILES string of the molecule is COCC(NC(=O)COc1cc(Cl)cc(Cl)c1)C(=O)O. The number of nitrogens with one attached hydrogen (secondary N) is 1. The molecule has 8 heteroatoms. The quantitative estimate of drug-likeness (QED) is 0.796. The fourth-order valence-corrected chi connectivity index (χ4v) is 1.84. The highest BCUT2D eigenvalue weighted by molar-refractivity contribution is 6.34. The van der Waals surface area contributed by atoms with Gasteiger partial charge >= 0.3 is 5.97 Å². The second-order valence-corrected chi connectivity index (χ2v) is 4.68. The van der Waals surface area contributed by atoms with E-state index in [4.69, 9.17) is 33.0 Å². The maximum atomic E-state index is 11.6. The summed E-state index contributed by atoms with van der Waals surface area (Å²) in [7, 11) is 1.34. The van der Waals surface area contributed by atoms with Crippen LogP contribution >= 0.6 is 23.2 Å². The van der Waals surface area contributed by atoms with Crippen molar-refractivity contribution in [1.29, 1.82) is 0 Å². The number of aliphatic carboxylic acids is 1. The summed E-state index contributed by atoms with van der Waals surface area (Å²) < 4.78 is 9.86. The fourth-order valence-electron chi connectivity index (χ4n) is 1.34. The number of amides is 1. The Labute approximate surface area is 125 Å². The summed E-state index contributed by atoms with van der Waals surface area (Å²) in [6, 6.07) is 3.38. The number of carbonyl (C=O) groups is 2. The number of rotatable bonds is 7. The number of carbonyl (C=O) groups excluding carboxylic acids is 1. The summed E-state index contributed by atoms with van der Waals surface area (Å²) in [4.78, 5) is 22.4. The number of benzene rings is 1. The molecule has 0 aromatic heterocycles. The lowest BCUT2D eigenvalue weighted by molar-refractivity contribution is -0.143. The Balaban J connectivity index is 2.52. The molecule has 20 heavy (non-hydrogen) atoms. The Hall–Kier alpha value is -1.50. The van der Waals surface area contributed by atoms with Crippen molar-refractivity contribution in [2.45, 2.75) is 6.04 Å². The van der Waals surface area contributed by atoms with E-state index in [0.717, 1.165) is 0 Å². The van der Waals surface area contributed by atoms with E-state index in [0.29, 0.717) is 15.8 Å². The van der Waals surface area contributed by atoms with Gasteiger partial charge in [-0.15, -0.1) is 0 Å². The average Bonchev–Trinajstić information content (AvgIpc) is 2.34. The predicted molar refractivity (Wildman–Crippen MR) is 73.4 cm³/mol. The molecular weight excluding hydrogens is 309 g/mol. The minimum atomic E-state index is -1.19. The van der Waals surface area contributed by atoms with Gasteiger partial charge in [-0.3, -0.25) is 4.79 Å². The van der Waals surface area contributed by atoms with Gasteiger partial charge in [-0.25, -0.2) is 4.79 Å². The van der Waals surface area contributed by atoms with Crippen molar-refractivity contribution in [3.05, 3.63) is 28.2 Å². The maximum absolute atomic E-state index is 11.6. The van der Waals surface area contributed by atoms with Crippen LogP contribution in [-0.2, 0) is 14.3 Å². The first kappa shape index (κ1) is 16.6. The second-order valence-electron chi connectivity index (χ2n) is 3.81. The van der Waals surface area contributed by atoms with Crippen LogP contribution in [0.1, 0.15) is 0 Å². The van der Waals surface area contributed by atoms with Crippen molar-refractivity contribution in [3.8, 4) is 5.75 Å². The van der Waals surface area contributed by atoms with Crippen LogP contribution in [0.2, 0.25) is 10.0 Å². The van der Waals surface area contributed by atoms with E-state index in [2.05, 4.69) is 10.1 Å². The van der Waals surface area contributed by atoms with Gasteiger partial charge in [0, 0.05) is 17.2 Å². The van der Waals surface area contributed by atoms with Gasteiger partial charge in [0.25, 0.3) is 5.91 Å². The van der Waals surface area contributed by atoms with Crippen LogP contribution in [0.25, 0.3) is 0 Å². The normalized spacial score (nSPS) is 11.8. The van der Waals surface area contributed by atoms with E-state index in [1.165, 1.54) is 25.3 Å². The summed E-state index contributed by atoms with van der Waals surface area (Å²) >= 11 is 11.5. The van der Waals surface area contributed by atoms with Gasteiger partial charge in [-0.1, -0.05) is 23.2 Å². The first-order valence-corrected chi connectivity index (χ1v) is 6.28. The first-order valence-electron chi connectivity index (χ1n) is 5.52. The molecule has 1 atom stereocenters. The van der Waals surface area contributed by atoms with Crippen molar-refractivity contribution in [2.24, 2.45) is 0 Å². The van der Waals surface area contributed by atoms with Crippen molar-refractivity contribution in [2.75, 3.05) is 20.3 Å². The Morgan fingerprint density at radius 3 is 2.40 bits per heavy atom. The highest BCUT2D eigenvalue weighted by atomic mass is 35.5. The van der Waals surface area contributed by atoms with Crippen LogP contribution in [0.5, 0.6) is 5.75 Å². The number of ether oxygens (including phenoxy) is 2. The largest absolute Gasteiger partial charge is 0.484 e. The van der Waals surface area contributed by atoms with Crippen LogP contribution in [0.4, 0.5) is 0 Å².